The molecule has 2 unspecified atom stereocenters. The Labute approximate surface area is 91.5 Å². The highest BCUT2D eigenvalue weighted by Gasteiger charge is 2.11. The first-order chi connectivity index (χ1) is 7.15. The van der Waals surface area contributed by atoms with Crippen LogP contribution in [-0.2, 0) is 6.54 Å². The summed E-state index contributed by atoms with van der Waals surface area (Å²) < 4.78 is 5.29. The van der Waals surface area contributed by atoms with E-state index in [0.717, 1.165) is 17.7 Å². The Hall–Kier alpha value is -0.800. The zero-order valence-electron chi connectivity index (χ0n) is 9.79. The third kappa shape index (κ3) is 3.68. The van der Waals surface area contributed by atoms with Gasteiger partial charge in [0.05, 0.1) is 18.9 Å². The molecule has 0 saturated heterocycles. The second-order valence-corrected chi connectivity index (χ2v) is 4.11. The average molecular weight is 211 g/mol. The van der Waals surface area contributed by atoms with E-state index in [9.17, 15) is 5.11 Å². The van der Waals surface area contributed by atoms with Crippen LogP contribution >= 0.6 is 0 Å². The first kappa shape index (κ1) is 12.3. The van der Waals surface area contributed by atoms with Gasteiger partial charge in [0.25, 0.3) is 0 Å². The van der Waals surface area contributed by atoms with Gasteiger partial charge >= 0.3 is 0 Å². The van der Waals surface area contributed by atoms with Gasteiger partial charge in [0.1, 0.15) is 5.76 Å². The summed E-state index contributed by atoms with van der Waals surface area (Å²) in [5.74, 6) is 1.29. The number of aliphatic hydroxyl groups is 1. The van der Waals surface area contributed by atoms with Crippen LogP contribution in [0.4, 0.5) is 0 Å². The van der Waals surface area contributed by atoms with Gasteiger partial charge in [-0.2, -0.15) is 0 Å². The Morgan fingerprint density at radius 2 is 2.27 bits per heavy atom. The van der Waals surface area contributed by atoms with Crippen LogP contribution in [0.15, 0.2) is 16.7 Å². The maximum atomic E-state index is 9.72. The molecule has 2 N–H and O–H groups in total. The highest BCUT2D eigenvalue weighted by Crippen LogP contribution is 2.09. The largest absolute Gasteiger partial charge is 0.468 e. The zero-order valence-corrected chi connectivity index (χ0v) is 9.79. The molecule has 0 aliphatic heterocycles. The molecule has 0 amide bonds. The molecule has 0 aliphatic carbocycles. The fourth-order valence-electron chi connectivity index (χ4n) is 1.39. The number of hydrogen-bond donors (Lipinski definition) is 2. The smallest absolute Gasteiger partial charge is 0.120 e. The molecule has 0 aliphatic rings. The lowest BCUT2D eigenvalue weighted by Gasteiger charge is -2.17. The molecule has 0 spiro atoms. The standard InChI is InChI=1S/C12H21NO2/c1-4-9(2)11(14)7-13-8-12-10(3)5-6-15-12/h5-6,9,11,13-14H,4,7-8H2,1-3H3. The van der Waals surface area contributed by atoms with Gasteiger partial charge in [0, 0.05) is 6.54 Å². The number of rotatable bonds is 6. The maximum absolute atomic E-state index is 9.72. The summed E-state index contributed by atoms with van der Waals surface area (Å²) in [5.41, 5.74) is 1.15. The summed E-state index contributed by atoms with van der Waals surface area (Å²) in [6.07, 6.45) is 2.42. The molecule has 0 aromatic carbocycles. The van der Waals surface area contributed by atoms with E-state index in [1.54, 1.807) is 6.26 Å². The Kier molecular flexibility index (Phi) is 4.85. The number of furan rings is 1. The molecular weight excluding hydrogens is 190 g/mol. The van der Waals surface area contributed by atoms with Gasteiger partial charge in [-0.15, -0.1) is 0 Å². The van der Waals surface area contributed by atoms with Crippen molar-refractivity contribution < 1.29 is 9.52 Å². The second kappa shape index (κ2) is 5.93. The van der Waals surface area contributed by atoms with Crippen LogP contribution in [0.3, 0.4) is 0 Å². The van der Waals surface area contributed by atoms with Crippen molar-refractivity contribution in [2.24, 2.45) is 5.92 Å². The van der Waals surface area contributed by atoms with E-state index < -0.39 is 0 Å². The highest BCUT2D eigenvalue weighted by molar-refractivity contribution is 5.14. The quantitative estimate of drug-likeness (QED) is 0.757. The van der Waals surface area contributed by atoms with Crippen LogP contribution in [0, 0.1) is 12.8 Å². The van der Waals surface area contributed by atoms with Gasteiger partial charge in [-0.3, -0.25) is 0 Å². The molecule has 3 nitrogen and oxygen atoms in total. The molecule has 1 rings (SSSR count). The van der Waals surface area contributed by atoms with Crippen molar-refractivity contribution in [2.45, 2.75) is 39.8 Å². The third-order valence-corrected chi connectivity index (χ3v) is 2.91. The molecule has 3 heteroatoms. The Morgan fingerprint density at radius 1 is 1.53 bits per heavy atom. The van der Waals surface area contributed by atoms with Crippen molar-refractivity contribution >= 4 is 0 Å². The lowest BCUT2D eigenvalue weighted by atomic mass is 10.0. The summed E-state index contributed by atoms with van der Waals surface area (Å²) in [6.45, 7) is 7.47. The molecule has 15 heavy (non-hydrogen) atoms. The van der Waals surface area contributed by atoms with Crippen LogP contribution in [0.2, 0.25) is 0 Å². The first-order valence-electron chi connectivity index (χ1n) is 5.56. The molecule has 1 aromatic rings. The van der Waals surface area contributed by atoms with Crippen LogP contribution in [-0.4, -0.2) is 17.8 Å². The molecule has 0 bridgehead atoms. The molecule has 1 aromatic heterocycles. The summed E-state index contributed by atoms with van der Waals surface area (Å²) in [6, 6.07) is 1.95. The average Bonchev–Trinajstić information content (AvgIpc) is 2.63. The van der Waals surface area contributed by atoms with E-state index in [1.807, 2.05) is 13.0 Å². The highest BCUT2D eigenvalue weighted by atomic mass is 16.3. The van der Waals surface area contributed by atoms with Gasteiger partial charge < -0.3 is 14.8 Å². The van der Waals surface area contributed by atoms with Gasteiger partial charge in [-0.05, 0) is 24.5 Å². The lowest BCUT2D eigenvalue weighted by molar-refractivity contribution is 0.112. The predicted octanol–water partition coefficient (Wildman–Crippen LogP) is 2.08. The van der Waals surface area contributed by atoms with Gasteiger partial charge in [-0.25, -0.2) is 0 Å². The van der Waals surface area contributed by atoms with E-state index in [-0.39, 0.29) is 6.10 Å². The molecule has 2 atom stereocenters. The molecule has 0 saturated carbocycles. The van der Waals surface area contributed by atoms with Crippen molar-refractivity contribution in [3.8, 4) is 0 Å². The fraction of sp³-hybridized carbons (Fsp3) is 0.667. The van der Waals surface area contributed by atoms with Crippen molar-refractivity contribution in [3.05, 3.63) is 23.7 Å². The van der Waals surface area contributed by atoms with Gasteiger partial charge in [0.2, 0.25) is 0 Å². The number of hydrogen-bond acceptors (Lipinski definition) is 3. The van der Waals surface area contributed by atoms with Crippen LogP contribution in [0.1, 0.15) is 31.6 Å². The molecule has 86 valence electrons. The van der Waals surface area contributed by atoms with Crippen LogP contribution < -0.4 is 5.32 Å². The molecule has 0 radical (unpaired) electrons. The minimum Gasteiger partial charge on any atom is -0.468 e. The summed E-state index contributed by atoms with van der Waals surface area (Å²) in [4.78, 5) is 0. The zero-order chi connectivity index (χ0) is 11.3. The Bertz CT molecular complexity index is 283. The second-order valence-electron chi connectivity index (χ2n) is 4.11. The summed E-state index contributed by atoms with van der Waals surface area (Å²) >= 11 is 0. The molecular formula is C12H21NO2. The van der Waals surface area contributed by atoms with E-state index in [0.29, 0.717) is 19.0 Å². The van der Waals surface area contributed by atoms with Crippen molar-refractivity contribution in [1.29, 1.82) is 0 Å². The number of nitrogens with one attached hydrogen (secondary N) is 1. The maximum Gasteiger partial charge on any atom is 0.120 e. The van der Waals surface area contributed by atoms with Gasteiger partial charge in [-0.1, -0.05) is 20.3 Å². The molecule has 0 fully saturated rings. The van der Waals surface area contributed by atoms with E-state index in [1.165, 1.54) is 0 Å². The normalized spacial score (nSPS) is 15.2. The number of aliphatic hydroxyl groups excluding tert-OH is 1. The SMILES string of the molecule is CCC(C)C(O)CNCc1occc1C. The Balaban J connectivity index is 2.25. The van der Waals surface area contributed by atoms with Crippen molar-refractivity contribution in [3.63, 3.8) is 0 Å². The minimum atomic E-state index is -0.273. The van der Waals surface area contributed by atoms with Crippen LogP contribution in [0.5, 0.6) is 0 Å². The Morgan fingerprint density at radius 3 is 2.80 bits per heavy atom. The third-order valence-electron chi connectivity index (χ3n) is 2.91. The van der Waals surface area contributed by atoms with Gasteiger partial charge in [0.15, 0.2) is 0 Å². The van der Waals surface area contributed by atoms with Crippen molar-refractivity contribution in [1.82, 2.24) is 5.32 Å². The first-order valence-corrected chi connectivity index (χ1v) is 5.56. The van der Waals surface area contributed by atoms with Crippen LogP contribution in [0.25, 0.3) is 0 Å². The molecule has 1 heterocycles. The lowest BCUT2D eigenvalue weighted by Crippen LogP contribution is -2.31. The van der Waals surface area contributed by atoms with E-state index in [2.05, 4.69) is 19.2 Å². The predicted molar refractivity (Wildman–Crippen MR) is 60.6 cm³/mol. The minimum absolute atomic E-state index is 0.273. The van der Waals surface area contributed by atoms with E-state index in [4.69, 9.17) is 4.42 Å². The van der Waals surface area contributed by atoms with E-state index >= 15 is 0 Å². The number of aryl methyl sites for hydroxylation is 1. The summed E-state index contributed by atoms with van der Waals surface area (Å²) in [7, 11) is 0. The van der Waals surface area contributed by atoms with Crippen molar-refractivity contribution in [2.75, 3.05) is 6.54 Å². The monoisotopic (exact) mass is 211 g/mol. The summed E-state index contributed by atoms with van der Waals surface area (Å²) in [5, 5.41) is 12.9. The fourth-order valence-corrected chi connectivity index (χ4v) is 1.39. The topological polar surface area (TPSA) is 45.4 Å².